The quantitative estimate of drug-likeness (QED) is 0.554. The zero-order chi connectivity index (χ0) is 23.8. The maximum atomic E-state index is 13.8. The van der Waals surface area contributed by atoms with Crippen molar-refractivity contribution < 1.29 is 26.7 Å². The first-order valence-electron chi connectivity index (χ1n) is 9.82. The molecule has 0 bridgehead atoms. The highest BCUT2D eigenvalue weighted by molar-refractivity contribution is 7.90. The topological polar surface area (TPSA) is 69.6 Å². The molecule has 5 nitrogen and oxygen atoms in total. The summed E-state index contributed by atoms with van der Waals surface area (Å²) in [5.74, 6) is -2.85. The molecule has 3 aromatic rings. The molecule has 1 heterocycles. The van der Waals surface area contributed by atoms with Crippen LogP contribution in [0.5, 0.6) is 0 Å². The van der Waals surface area contributed by atoms with Gasteiger partial charge in [0.15, 0.2) is 21.5 Å². The number of anilines is 1. The number of hydrogen-bond donors (Lipinski definition) is 2. The Labute approximate surface area is 189 Å². The molecule has 0 radical (unpaired) electrons. The summed E-state index contributed by atoms with van der Waals surface area (Å²) in [7, 11) is -3.39. The summed E-state index contributed by atoms with van der Waals surface area (Å²) < 4.78 is 64.5. The Hall–Kier alpha value is -3.72. The Morgan fingerprint density at radius 3 is 2.30 bits per heavy atom. The number of halogens is 3. The van der Waals surface area contributed by atoms with E-state index in [0.29, 0.717) is 22.3 Å². The van der Waals surface area contributed by atoms with Crippen LogP contribution in [-0.2, 0) is 16.3 Å². The zero-order valence-electron chi connectivity index (χ0n) is 17.4. The average molecular weight is 472 g/mol. The predicted octanol–water partition coefficient (Wildman–Crippen LogP) is 4.89. The van der Waals surface area contributed by atoms with E-state index in [0.717, 1.165) is 18.4 Å². The lowest BCUT2D eigenvalue weighted by atomic mass is 9.92. The van der Waals surface area contributed by atoms with Crippen molar-refractivity contribution in [1.29, 1.82) is 0 Å². The molecule has 0 saturated heterocycles. The second kappa shape index (κ2) is 8.67. The maximum Gasteiger partial charge on any atom is 0.214 e. The molecule has 0 unspecified atom stereocenters. The van der Waals surface area contributed by atoms with Gasteiger partial charge in [0.2, 0.25) is 5.88 Å². The molecule has 170 valence electrons. The van der Waals surface area contributed by atoms with Gasteiger partial charge in [0.1, 0.15) is 5.82 Å². The van der Waals surface area contributed by atoms with Crippen LogP contribution in [0.15, 0.2) is 89.3 Å². The van der Waals surface area contributed by atoms with Gasteiger partial charge in [-0.2, -0.15) is 0 Å². The molecule has 0 spiro atoms. The third-order valence-electron chi connectivity index (χ3n) is 5.17. The number of hydrogen-bond acceptors (Lipinski definition) is 5. The van der Waals surface area contributed by atoms with Crippen molar-refractivity contribution in [2.45, 2.75) is 11.3 Å². The normalized spacial score (nSPS) is 14.2. The summed E-state index contributed by atoms with van der Waals surface area (Å²) in [5, 5.41) is 12.3. The predicted molar refractivity (Wildman–Crippen MR) is 119 cm³/mol. The fraction of sp³-hybridized carbons (Fsp3) is 0.0833. The summed E-state index contributed by atoms with van der Waals surface area (Å²) in [5.41, 5.74) is 5.04. The lowest BCUT2D eigenvalue weighted by molar-refractivity contribution is 0.372. The number of nitrogens with zero attached hydrogens (tertiary/aromatic N) is 1. The molecular formula is C24H19F3N2O3S. The van der Waals surface area contributed by atoms with E-state index in [1.165, 1.54) is 35.3 Å². The standard InChI is InChI=1S/C24H19F3N2O3S/c1-33(31,32)19-8-5-16(6-9-19)21-14-28-29(18-7-10-22(26)23(27)13-18)24(30)20(21)12-15-3-2-4-17(25)11-15/h2-11,13-14,28,30H,12H2,1H3. The number of aliphatic hydroxyl groups excluding tert-OH is 1. The van der Waals surface area contributed by atoms with Gasteiger partial charge < -0.3 is 5.11 Å². The number of allylic oxidation sites excluding steroid dienone is 2. The van der Waals surface area contributed by atoms with Crippen LogP contribution in [-0.4, -0.2) is 19.8 Å². The smallest absolute Gasteiger partial charge is 0.214 e. The molecular weight excluding hydrogens is 453 g/mol. The molecule has 1 aliphatic rings. The molecule has 0 aromatic heterocycles. The number of sulfone groups is 1. The summed E-state index contributed by atoms with van der Waals surface area (Å²) in [6.45, 7) is 0. The van der Waals surface area contributed by atoms with Crippen LogP contribution in [0.2, 0.25) is 0 Å². The first kappa shape index (κ1) is 22.5. The SMILES string of the molecule is CS(=O)(=O)c1ccc(C2=CNN(c3ccc(F)c(F)c3)C(O)=C2Cc2cccc(F)c2)cc1. The molecule has 3 aromatic carbocycles. The largest absolute Gasteiger partial charge is 0.493 e. The van der Waals surface area contributed by atoms with Gasteiger partial charge in [0.25, 0.3) is 0 Å². The molecule has 33 heavy (non-hydrogen) atoms. The van der Waals surface area contributed by atoms with Gasteiger partial charge in [-0.25, -0.2) is 26.6 Å². The molecule has 9 heteroatoms. The highest BCUT2D eigenvalue weighted by Gasteiger charge is 2.25. The number of hydrazine groups is 1. The first-order valence-corrected chi connectivity index (χ1v) is 11.7. The summed E-state index contributed by atoms with van der Waals surface area (Å²) in [6.07, 6.45) is 2.76. The maximum absolute atomic E-state index is 13.8. The van der Waals surface area contributed by atoms with Gasteiger partial charge in [0, 0.05) is 36.1 Å². The van der Waals surface area contributed by atoms with Crippen LogP contribution in [0.3, 0.4) is 0 Å². The summed E-state index contributed by atoms with van der Waals surface area (Å²) in [4.78, 5) is 0.138. The second-order valence-electron chi connectivity index (χ2n) is 7.53. The minimum atomic E-state index is -3.39. The third kappa shape index (κ3) is 4.73. The molecule has 0 aliphatic carbocycles. The Bertz CT molecular complexity index is 1380. The first-order chi connectivity index (χ1) is 15.6. The van der Waals surface area contributed by atoms with Crippen LogP contribution in [0.4, 0.5) is 18.9 Å². The molecule has 0 fully saturated rings. The molecule has 1 aliphatic heterocycles. The van der Waals surface area contributed by atoms with Gasteiger partial charge >= 0.3 is 0 Å². The van der Waals surface area contributed by atoms with Gasteiger partial charge in [0.05, 0.1) is 10.6 Å². The van der Waals surface area contributed by atoms with Crippen LogP contribution in [0, 0.1) is 17.5 Å². The Morgan fingerprint density at radius 1 is 0.939 bits per heavy atom. The van der Waals surface area contributed by atoms with E-state index in [2.05, 4.69) is 5.43 Å². The van der Waals surface area contributed by atoms with Crippen molar-refractivity contribution in [3.8, 4) is 0 Å². The van der Waals surface area contributed by atoms with Crippen LogP contribution in [0.25, 0.3) is 5.57 Å². The van der Waals surface area contributed by atoms with Crippen molar-refractivity contribution >= 4 is 21.1 Å². The lowest BCUT2D eigenvalue weighted by Gasteiger charge is -2.31. The Balaban J connectivity index is 1.79. The molecule has 0 amide bonds. The molecule has 0 saturated carbocycles. The van der Waals surface area contributed by atoms with E-state index in [4.69, 9.17) is 0 Å². The van der Waals surface area contributed by atoms with E-state index in [1.807, 2.05) is 0 Å². The fourth-order valence-electron chi connectivity index (χ4n) is 3.52. The summed E-state index contributed by atoms with van der Waals surface area (Å²) in [6, 6.07) is 15.1. The Morgan fingerprint density at radius 2 is 1.67 bits per heavy atom. The van der Waals surface area contributed by atoms with Crippen molar-refractivity contribution in [1.82, 2.24) is 5.43 Å². The van der Waals surface area contributed by atoms with E-state index in [9.17, 15) is 26.7 Å². The highest BCUT2D eigenvalue weighted by atomic mass is 32.2. The van der Waals surface area contributed by atoms with E-state index in [-0.39, 0.29) is 22.9 Å². The minimum Gasteiger partial charge on any atom is -0.493 e. The second-order valence-corrected chi connectivity index (χ2v) is 9.54. The van der Waals surface area contributed by atoms with Gasteiger partial charge in [-0.3, -0.25) is 5.43 Å². The Kier molecular flexibility index (Phi) is 5.90. The van der Waals surface area contributed by atoms with Crippen molar-refractivity contribution in [3.63, 3.8) is 0 Å². The van der Waals surface area contributed by atoms with Crippen molar-refractivity contribution in [2.75, 3.05) is 11.3 Å². The zero-order valence-corrected chi connectivity index (χ0v) is 18.2. The average Bonchev–Trinajstić information content (AvgIpc) is 2.77. The van der Waals surface area contributed by atoms with E-state index < -0.39 is 27.3 Å². The molecule has 0 atom stereocenters. The number of rotatable bonds is 5. The van der Waals surface area contributed by atoms with E-state index >= 15 is 0 Å². The lowest BCUT2D eigenvalue weighted by Crippen LogP contribution is -2.38. The van der Waals surface area contributed by atoms with Gasteiger partial charge in [-0.15, -0.1) is 0 Å². The summed E-state index contributed by atoms with van der Waals surface area (Å²) >= 11 is 0. The minimum absolute atomic E-state index is 0.116. The fourth-order valence-corrected chi connectivity index (χ4v) is 4.15. The van der Waals surface area contributed by atoms with Crippen LogP contribution in [0.1, 0.15) is 11.1 Å². The van der Waals surface area contributed by atoms with Crippen molar-refractivity contribution in [3.05, 3.63) is 113 Å². The van der Waals surface area contributed by atoms with Crippen LogP contribution < -0.4 is 10.4 Å². The van der Waals surface area contributed by atoms with Gasteiger partial charge in [-0.05, 0) is 47.5 Å². The molecule has 2 N–H and O–H groups in total. The number of aliphatic hydroxyl groups is 1. The number of benzene rings is 3. The van der Waals surface area contributed by atoms with Crippen molar-refractivity contribution in [2.24, 2.45) is 0 Å². The molecule has 4 rings (SSSR count). The highest BCUT2D eigenvalue weighted by Crippen LogP contribution is 2.34. The number of nitrogens with one attached hydrogen (secondary N) is 1. The van der Waals surface area contributed by atoms with E-state index in [1.54, 1.807) is 30.5 Å². The van der Waals surface area contributed by atoms with Crippen LogP contribution >= 0.6 is 0 Å². The third-order valence-corrected chi connectivity index (χ3v) is 6.30. The monoisotopic (exact) mass is 472 g/mol. The van der Waals surface area contributed by atoms with Gasteiger partial charge in [-0.1, -0.05) is 24.3 Å².